The molecular weight excluding hydrogens is 443 g/mol. The van der Waals surface area contributed by atoms with Gasteiger partial charge in [0.05, 0.1) is 22.9 Å². The molecule has 0 spiro atoms. The highest BCUT2D eigenvalue weighted by Gasteiger charge is 2.41. The van der Waals surface area contributed by atoms with Crippen LogP contribution in [0.3, 0.4) is 0 Å². The summed E-state index contributed by atoms with van der Waals surface area (Å²) in [5.74, 6) is -0.690. The van der Waals surface area contributed by atoms with Gasteiger partial charge >= 0.3 is 5.97 Å². The number of halogens is 2. The number of methoxy groups -OCH3 is 1. The summed E-state index contributed by atoms with van der Waals surface area (Å²) >= 11 is 1.19. The molecule has 1 aliphatic heterocycles. The molecule has 0 saturated heterocycles. The van der Waals surface area contributed by atoms with E-state index >= 15 is 0 Å². The van der Waals surface area contributed by atoms with Crippen molar-refractivity contribution in [3.63, 3.8) is 0 Å². The first-order valence-electron chi connectivity index (χ1n) is 9.54. The molecule has 9 heteroatoms. The first-order valence-corrected chi connectivity index (χ1v) is 10.4. The Morgan fingerprint density at radius 1 is 1.19 bits per heavy atom. The lowest BCUT2D eigenvalue weighted by Gasteiger charge is -2.28. The molecule has 0 radical (unpaired) electrons. The van der Waals surface area contributed by atoms with E-state index in [1.54, 1.807) is 43.5 Å². The molecule has 0 N–H and O–H groups in total. The highest BCUT2D eigenvalue weighted by Crippen LogP contribution is 2.47. The molecule has 0 saturated carbocycles. The SMILES string of the molecule is COc1ccc([C@@H]2Sc3c(F)cccc3N(CCN(C)C)C(=O)[C@@H]2OC(C)=O)cc1.Cl. The van der Waals surface area contributed by atoms with Gasteiger partial charge in [0, 0.05) is 20.0 Å². The lowest BCUT2D eigenvalue weighted by Crippen LogP contribution is -2.45. The van der Waals surface area contributed by atoms with Crippen LogP contribution in [0.2, 0.25) is 0 Å². The van der Waals surface area contributed by atoms with Crippen LogP contribution in [0.5, 0.6) is 5.75 Å². The fourth-order valence-corrected chi connectivity index (χ4v) is 4.60. The van der Waals surface area contributed by atoms with Gasteiger partial charge in [0.2, 0.25) is 0 Å². The number of hydrogen-bond donors (Lipinski definition) is 0. The molecule has 2 aromatic carbocycles. The number of esters is 1. The monoisotopic (exact) mass is 468 g/mol. The summed E-state index contributed by atoms with van der Waals surface area (Å²) < 4.78 is 25.6. The van der Waals surface area contributed by atoms with Crippen LogP contribution in [0.25, 0.3) is 0 Å². The van der Waals surface area contributed by atoms with Crippen molar-refractivity contribution in [3.05, 3.63) is 53.8 Å². The Hall–Kier alpha value is -2.29. The molecule has 31 heavy (non-hydrogen) atoms. The van der Waals surface area contributed by atoms with Gasteiger partial charge < -0.3 is 19.3 Å². The van der Waals surface area contributed by atoms with Crippen LogP contribution in [0.4, 0.5) is 10.1 Å². The van der Waals surface area contributed by atoms with Gasteiger partial charge in [-0.15, -0.1) is 24.2 Å². The van der Waals surface area contributed by atoms with Crippen LogP contribution in [0.1, 0.15) is 17.7 Å². The van der Waals surface area contributed by atoms with Crippen LogP contribution in [0.15, 0.2) is 47.4 Å². The van der Waals surface area contributed by atoms with Crippen LogP contribution in [-0.4, -0.2) is 57.2 Å². The molecule has 168 valence electrons. The fourth-order valence-electron chi connectivity index (χ4n) is 3.28. The second-order valence-corrected chi connectivity index (χ2v) is 8.37. The maximum absolute atomic E-state index is 14.9. The van der Waals surface area contributed by atoms with E-state index in [2.05, 4.69) is 0 Å². The smallest absolute Gasteiger partial charge is 0.303 e. The molecule has 2 aromatic rings. The summed E-state index contributed by atoms with van der Waals surface area (Å²) in [7, 11) is 5.36. The van der Waals surface area contributed by atoms with E-state index in [1.165, 1.54) is 29.7 Å². The quantitative estimate of drug-likeness (QED) is 0.599. The van der Waals surface area contributed by atoms with Gasteiger partial charge in [-0.25, -0.2) is 4.39 Å². The van der Waals surface area contributed by atoms with E-state index in [0.717, 1.165) is 5.56 Å². The molecule has 0 aliphatic carbocycles. The van der Waals surface area contributed by atoms with E-state index in [-0.39, 0.29) is 18.3 Å². The van der Waals surface area contributed by atoms with Gasteiger partial charge in [-0.1, -0.05) is 18.2 Å². The average Bonchev–Trinajstić information content (AvgIpc) is 2.82. The average molecular weight is 469 g/mol. The minimum absolute atomic E-state index is 0. The van der Waals surface area contributed by atoms with Crippen molar-refractivity contribution in [1.29, 1.82) is 0 Å². The van der Waals surface area contributed by atoms with Gasteiger partial charge in [0.25, 0.3) is 5.91 Å². The number of hydrogen-bond acceptors (Lipinski definition) is 6. The lowest BCUT2D eigenvalue weighted by molar-refractivity contribution is -0.152. The molecule has 3 rings (SSSR count). The Kier molecular flexibility index (Phi) is 8.73. The van der Waals surface area contributed by atoms with Crippen molar-refractivity contribution in [2.45, 2.75) is 23.2 Å². The van der Waals surface area contributed by atoms with E-state index in [1.807, 2.05) is 19.0 Å². The summed E-state index contributed by atoms with van der Waals surface area (Å²) in [6.07, 6.45) is -1.09. The second kappa shape index (κ2) is 10.8. The summed E-state index contributed by atoms with van der Waals surface area (Å²) in [5.41, 5.74) is 1.23. The third-order valence-corrected chi connectivity index (χ3v) is 6.19. The molecule has 0 fully saturated rings. The molecule has 1 aliphatic rings. The summed E-state index contributed by atoms with van der Waals surface area (Å²) in [6, 6.07) is 11.8. The van der Waals surface area contributed by atoms with E-state index < -0.39 is 23.1 Å². The Balaban J connectivity index is 0.00000341. The fraction of sp³-hybridized carbons (Fsp3) is 0.364. The molecule has 6 nitrogen and oxygen atoms in total. The Morgan fingerprint density at radius 2 is 1.87 bits per heavy atom. The van der Waals surface area contributed by atoms with Crippen molar-refractivity contribution >= 4 is 41.7 Å². The van der Waals surface area contributed by atoms with Crippen molar-refractivity contribution in [3.8, 4) is 5.75 Å². The van der Waals surface area contributed by atoms with E-state index in [4.69, 9.17) is 9.47 Å². The molecule has 1 heterocycles. The summed E-state index contributed by atoms with van der Waals surface area (Å²) in [6.45, 7) is 2.19. The molecule has 0 aromatic heterocycles. The Labute approximate surface area is 192 Å². The van der Waals surface area contributed by atoms with Gasteiger partial charge in [-0.2, -0.15) is 0 Å². The number of carbonyl (C=O) groups is 2. The molecule has 0 bridgehead atoms. The van der Waals surface area contributed by atoms with Crippen molar-refractivity contribution in [1.82, 2.24) is 4.90 Å². The van der Waals surface area contributed by atoms with Gasteiger partial charge in [-0.3, -0.25) is 9.59 Å². The number of carbonyl (C=O) groups excluding carboxylic acids is 2. The highest BCUT2D eigenvalue weighted by molar-refractivity contribution is 7.99. The van der Waals surface area contributed by atoms with Crippen molar-refractivity contribution < 1.29 is 23.5 Å². The van der Waals surface area contributed by atoms with Crippen LogP contribution >= 0.6 is 24.2 Å². The first kappa shape index (κ1) is 25.0. The molecular formula is C22H26ClFN2O4S. The maximum Gasteiger partial charge on any atom is 0.303 e. The minimum atomic E-state index is -1.09. The van der Waals surface area contributed by atoms with Crippen molar-refractivity contribution in [2.75, 3.05) is 39.2 Å². The third kappa shape index (κ3) is 5.70. The van der Waals surface area contributed by atoms with Crippen LogP contribution < -0.4 is 9.64 Å². The highest BCUT2D eigenvalue weighted by atomic mass is 35.5. The normalized spacial score (nSPS) is 18.1. The van der Waals surface area contributed by atoms with Crippen molar-refractivity contribution in [2.24, 2.45) is 0 Å². The predicted octanol–water partition coefficient (Wildman–Crippen LogP) is 3.93. The van der Waals surface area contributed by atoms with Crippen LogP contribution in [-0.2, 0) is 14.3 Å². The number of ether oxygens (including phenoxy) is 2. The number of nitrogens with zero attached hydrogens (tertiary/aromatic N) is 2. The Morgan fingerprint density at radius 3 is 2.45 bits per heavy atom. The third-order valence-electron chi connectivity index (χ3n) is 4.77. The second-order valence-electron chi connectivity index (χ2n) is 7.22. The van der Waals surface area contributed by atoms with E-state index in [9.17, 15) is 14.0 Å². The maximum atomic E-state index is 14.9. The zero-order valence-electron chi connectivity index (χ0n) is 17.8. The predicted molar refractivity (Wildman–Crippen MR) is 122 cm³/mol. The number of amides is 1. The number of fused-ring (bicyclic) bond motifs is 1. The Bertz CT molecular complexity index is 926. The number of benzene rings is 2. The van der Waals surface area contributed by atoms with Crippen LogP contribution in [0, 0.1) is 5.82 Å². The molecule has 2 atom stereocenters. The standard InChI is InChI=1S/C22H25FN2O4S.ClH/c1-14(26)29-19-20(15-8-10-16(28-4)11-9-15)30-21-17(23)6-5-7-18(21)25(22(19)27)13-12-24(2)3;/h5-11,19-20H,12-13H2,1-4H3;1H/t19-,20+;/m1./s1. The zero-order valence-corrected chi connectivity index (χ0v) is 19.5. The number of thioether (sulfide) groups is 1. The molecule has 0 unspecified atom stereocenters. The van der Waals surface area contributed by atoms with E-state index in [0.29, 0.717) is 29.4 Å². The first-order chi connectivity index (χ1) is 14.3. The van der Waals surface area contributed by atoms with Gasteiger partial charge in [-0.05, 0) is 43.9 Å². The summed E-state index contributed by atoms with van der Waals surface area (Å²) in [5, 5.41) is -0.604. The molecule has 1 amide bonds. The largest absolute Gasteiger partial charge is 0.497 e. The number of rotatable bonds is 6. The van der Waals surface area contributed by atoms with Gasteiger partial charge in [0.15, 0.2) is 6.10 Å². The zero-order chi connectivity index (χ0) is 21.8. The summed E-state index contributed by atoms with van der Waals surface area (Å²) in [4.78, 5) is 29.2. The number of likely N-dealkylation sites (N-methyl/N-ethyl adjacent to an activating group) is 1. The number of anilines is 1. The minimum Gasteiger partial charge on any atom is -0.497 e. The topological polar surface area (TPSA) is 59.1 Å². The van der Waals surface area contributed by atoms with Gasteiger partial charge in [0.1, 0.15) is 11.6 Å². The lowest BCUT2D eigenvalue weighted by atomic mass is 10.1.